The predicted octanol–water partition coefficient (Wildman–Crippen LogP) is 3.11. The van der Waals surface area contributed by atoms with Crippen molar-refractivity contribution < 1.29 is 14.7 Å². The number of nitrogens with zero attached hydrogens (tertiary/aromatic N) is 1. The van der Waals surface area contributed by atoms with Crippen LogP contribution >= 0.6 is 35.6 Å². The van der Waals surface area contributed by atoms with E-state index in [1.165, 1.54) is 17.0 Å². The van der Waals surface area contributed by atoms with Crippen LogP contribution in [0.2, 0.25) is 5.02 Å². The number of benzene rings is 2. The van der Waals surface area contributed by atoms with Crippen molar-refractivity contribution in [2.45, 2.75) is 0 Å². The Bertz CT molecular complexity index is 895. The average Bonchev–Trinajstić information content (AvgIpc) is 2.81. The molecule has 0 atom stereocenters. The molecule has 1 amide bonds. The Labute approximate surface area is 152 Å². The molecule has 1 saturated heterocycles. The Morgan fingerprint density at radius 3 is 2.67 bits per heavy atom. The highest BCUT2D eigenvalue weighted by Gasteiger charge is 2.33. The average molecular weight is 375 g/mol. The molecule has 0 spiro atoms. The summed E-state index contributed by atoms with van der Waals surface area (Å²) in [7, 11) is 0. The Morgan fingerprint density at radius 1 is 1.21 bits per heavy atom. The van der Waals surface area contributed by atoms with E-state index < -0.39 is 5.97 Å². The van der Waals surface area contributed by atoms with E-state index in [-0.39, 0.29) is 11.5 Å². The van der Waals surface area contributed by atoms with E-state index in [0.717, 1.165) is 11.8 Å². The van der Waals surface area contributed by atoms with Crippen LogP contribution in [0.15, 0.2) is 53.4 Å². The van der Waals surface area contributed by atoms with Crippen molar-refractivity contribution in [2.75, 3.05) is 4.90 Å². The van der Waals surface area contributed by atoms with Crippen LogP contribution in [0.4, 0.5) is 5.69 Å². The number of anilines is 1. The first-order valence-electron chi connectivity index (χ1n) is 6.80. The van der Waals surface area contributed by atoms with Crippen molar-refractivity contribution in [1.82, 2.24) is 0 Å². The van der Waals surface area contributed by atoms with Crippen LogP contribution in [0, 0.1) is 0 Å². The molecule has 0 aromatic heterocycles. The lowest BCUT2D eigenvalue weighted by atomic mass is 10.1. The van der Waals surface area contributed by atoms with Gasteiger partial charge in [0.15, 0.2) is 4.32 Å². The summed E-state index contributed by atoms with van der Waals surface area (Å²) in [5, 5.41) is 11.4. The summed E-state index contributed by atoms with van der Waals surface area (Å²) in [5.41, 5.74) is 1.23. The fraction of sp³-hybridized carbons (Fsp3) is 0. The van der Waals surface area contributed by atoms with Gasteiger partial charge in [0.1, 0.15) is 0 Å². The molecule has 0 unspecified atom stereocenters. The van der Waals surface area contributed by atoms with Gasteiger partial charge in [-0.25, -0.2) is 0 Å². The van der Waals surface area contributed by atoms with Gasteiger partial charge in [0.2, 0.25) is 0 Å². The van der Waals surface area contributed by atoms with Gasteiger partial charge in [0.05, 0.1) is 16.6 Å². The molecule has 120 valence electrons. The smallest absolute Gasteiger partial charge is 0.270 e. The number of carboxylic acid groups (broad SMARTS) is 1. The van der Waals surface area contributed by atoms with Crippen LogP contribution in [0.5, 0.6) is 0 Å². The molecule has 2 aromatic rings. The van der Waals surface area contributed by atoms with Crippen molar-refractivity contribution in [3.8, 4) is 0 Å². The summed E-state index contributed by atoms with van der Waals surface area (Å²) in [6, 6.07) is 13.0. The Balaban J connectivity index is 1.94. The molecule has 3 rings (SSSR count). The third kappa shape index (κ3) is 3.36. The maximum Gasteiger partial charge on any atom is 0.270 e. The van der Waals surface area contributed by atoms with Crippen molar-refractivity contribution in [1.29, 1.82) is 0 Å². The van der Waals surface area contributed by atoms with E-state index >= 15 is 0 Å². The van der Waals surface area contributed by atoms with Gasteiger partial charge in [-0.05, 0) is 41.5 Å². The molecule has 7 heteroatoms. The third-order valence-corrected chi connectivity index (χ3v) is 4.82. The number of carboxylic acids is 1. The number of hydrogen-bond donors (Lipinski definition) is 0. The second-order valence-electron chi connectivity index (χ2n) is 4.91. The standard InChI is InChI=1S/C17H10ClNO3S2/c18-12-5-2-6-13(9-12)19-15(20)14(24-17(19)23)8-10-3-1-4-11(7-10)16(21)22/h1-9H,(H,21,22)/p-1/b14-8-. The number of thioether (sulfide) groups is 1. The van der Waals surface area contributed by atoms with E-state index in [4.69, 9.17) is 23.8 Å². The first kappa shape index (κ1) is 16.7. The molecule has 4 nitrogen and oxygen atoms in total. The summed E-state index contributed by atoms with van der Waals surface area (Å²) in [4.78, 5) is 25.4. The van der Waals surface area contributed by atoms with Gasteiger partial charge in [-0.1, -0.05) is 59.8 Å². The predicted molar refractivity (Wildman–Crippen MR) is 97.9 cm³/mol. The lowest BCUT2D eigenvalue weighted by molar-refractivity contribution is -0.255. The van der Waals surface area contributed by atoms with E-state index in [0.29, 0.717) is 25.5 Å². The van der Waals surface area contributed by atoms with E-state index in [2.05, 4.69) is 0 Å². The fourth-order valence-corrected chi connectivity index (χ4v) is 3.70. The lowest BCUT2D eigenvalue weighted by Crippen LogP contribution is -2.27. The number of rotatable bonds is 3. The zero-order chi connectivity index (χ0) is 17.3. The number of amides is 1. The minimum Gasteiger partial charge on any atom is -0.545 e. The highest BCUT2D eigenvalue weighted by atomic mass is 35.5. The zero-order valence-corrected chi connectivity index (χ0v) is 14.5. The second kappa shape index (κ2) is 6.76. The molecular weight excluding hydrogens is 366 g/mol. The van der Waals surface area contributed by atoms with Gasteiger partial charge < -0.3 is 9.90 Å². The van der Waals surface area contributed by atoms with Gasteiger partial charge in [-0.2, -0.15) is 0 Å². The Hall–Kier alpha value is -2.15. The Morgan fingerprint density at radius 2 is 1.96 bits per heavy atom. The van der Waals surface area contributed by atoms with Gasteiger partial charge >= 0.3 is 0 Å². The van der Waals surface area contributed by atoms with Crippen LogP contribution in [-0.2, 0) is 4.79 Å². The quantitative estimate of drug-likeness (QED) is 0.610. The Kier molecular flexibility index (Phi) is 4.71. The molecule has 24 heavy (non-hydrogen) atoms. The first-order valence-corrected chi connectivity index (χ1v) is 8.41. The summed E-state index contributed by atoms with van der Waals surface area (Å²) in [6.45, 7) is 0. The van der Waals surface area contributed by atoms with Crippen LogP contribution in [0.1, 0.15) is 15.9 Å². The first-order chi connectivity index (χ1) is 11.5. The summed E-state index contributed by atoms with van der Waals surface area (Å²) in [6.07, 6.45) is 1.61. The largest absolute Gasteiger partial charge is 0.545 e. The van der Waals surface area contributed by atoms with Crippen LogP contribution in [-0.4, -0.2) is 16.2 Å². The maximum absolute atomic E-state index is 12.6. The third-order valence-electron chi connectivity index (χ3n) is 3.28. The summed E-state index contributed by atoms with van der Waals surface area (Å²) in [5.74, 6) is -1.54. The van der Waals surface area contributed by atoms with Crippen molar-refractivity contribution in [2.24, 2.45) is 0 Å². The monoisotopic (exact) mass is 374 g/mol. The second-order valence-corrected chi connectivity index (χ2v) is 7.02. The normalized spacial score (nSPS) is 16.0. The highest BCUT2D eigenvalue weighted by molar-refractivity contribution is 8.27. The molecule has 0 bridgehead atoms. The molecular formula is C17H9ClNO3S2-. The highest BCUT2D eigenvalue weighted by Crippen LogP contribution is 2.36. The van der Waals surface area contributed by atoms with Crippen LogP contribution in [0.3, 0.4) is 0 Å². The van der Waals surface area contributed by atoms with Crippen LogP contribution in [0.25, 0.3) is 6.08 Å². The molecule has 0 saturated carbocycles. The fourth-order valence-electron chi connectivity index (χ4n) is 2.21. The van der Waals surface area contributed by atoms with Gasteiger partial charge in [0, 0.05) is 5.02 Å². The number of carbonyl (C=O) groups is 2. The summed E-state index contributed by atoms with van der Waals surface area (Å²) >= 11 is 12.4. The SMILES string of the molecule is O=C([O-])c1cccc(/C=C2\SC(=S)N(c3cccc(Cl)c3)C2=O)c1. The maximum atomic E-state index is 12.6. The van der Waals surface area contributed by atoms with Crippen LogP contribution < -0.4 is 10.0 Å². The molecule has 1 heterocycles. The molecule has 0 radical (unpaired) electrons. The number of aromatic carboxylic acids is 1. The van der Waals surface area contributed by atoms with Crippen molar-refractivity contribution in [3.05, 3.63) is 69.6 Å². The lowest BCUT2D eigenvalue weighted by Gasteiger charge is -2.14. The van der Waals surface area contributed by atoms with Gasteiger partial charge in [-0.3, -0.25) is 9.69 Å². The molecule has 0 N–H and O–H groups in total. The van der Waals surface area contributed by atoms with E-state index in [9.17, 15) is 14.7 Å². The van der Waals surface area contributed by atoms with Crippen molar-refractivity contribution in [3.63, 3.8) is 0 Å². The topological polar surface area (TPSA) is 60.4 Å². The molecule has 1 aliphatic rings. The van der Waals surface area contributed by atoms with Gasteiger partial charge in [0.25, 0.3) is 5.91 Å². The van der Waals surface area contributed by atoms with Crippen molar-refractivity contribution >= 4 is 63.5 Å². The minimum atomic E-state index is -1.27. The molecule has 1 aliphatic heterocycles. The van der Waals surface area contributed by atoms with E-state index in [1.54, 1.807) is 42.5 Å². The number of halogens is 1. The number of thiocarbonyl (C=S) groups is 1. The zero-order valence-electron chi connectivity index (χ0n) is 12.1. The summed E-state index contributed by atoms with van der Waals surface area (Å²) < 4.78 is 0.393. The van der Waals surface area contributed by atoms with Gasteiger partial charge in [-0.15, -0.1) is 0 Å². The molecule has 2 aromatic carbocycles. The minimum absolute atomic E-state index is 0.0501. The number of carbonyl (C=O) groups excluding carboxylic acids is 2. The molecule has 1 fully saturated rings. The van der Waals surface area contributed by atoms with E-state index in [1.807, 2.05) is 0 Å². The molecule has 0 aliphatic carbocycles. The number of hydrogen-bond acceptors (Lipinski definition) is 5.